The summed E-state index contributed by atoms with van der Waals surface area (Å²) in [6, 6.07) is 0. The fourth-order valence-corrected chi connectivity index (χ4v) is 0.667. The Hall–Kier alpha value is -0.740. The van der Waals surface area contributed by atoms with Crippen LogP contribution in [-0.2, 0) is 0 Å². The van der Waals surface area contributed by atoms with Gasteiger partial charge in [0.25, 0.3) is 0 Å². The molecule has 0 aromatic rings. The molecule has 0 rings (SSSR count). The van der Waals surface area contributed by atoms with E-state index in [9.17, 15) is 0 Å². The second kappa shape index (κ2) is 4.17. The SMILES string of the molecule is C=C=C(C=C)[C@@H](C)CC. The highest BCUT2D eigenvalue weighted by Gasteiger charge is 1.99. The molecule has 0 nitrogen and oxygen atoms in total. The van der Waals surface area contributed by atoms with Gasteiger partial charge < -0.3 is 0 Å². The van der Waals surface area contributed by atoms with E-state index in [4.69, 9.17) is 0 Å². The van der Waals surface area contributed by atoms with Crippen LogP contribution in [0.2, 0.25) is 0 Å². The van der Waals surface area contributed by atoms with Crippen LogP contribution in [0.25, 0.3) is 0 Å². The molecule has 1 atom stereocenters. The molecule has 0 saturated carbocycles. The Morgan fingerprint density at radius 2 is 2.33 bits per heavy atom. The van der Waals surface area contributed by atoms with Gasteiger partial charge in [-0.3, -0.25) is 0 Å². The summed E-state index contributed by atoms with van der Waals surface area (Å²) in [7, 11) is 0. The molecule has 0 aliphatic rings. The first kappa shape index (κ1) is 8.26. The standard InChI is InChI=1S/C9H14/c1-5-8(4)9(6-2)7-3/h6,8H,2-3,5H2,1,4H3/t8-/m0/s1. The van der Waals surface area contributed by atoms with E-state index in [0.29, 0.717) is 5.92 Å². The average Bonchev–Trinajstić information content (AvgIpc) is 1.90. The first-order valence-corrected chi connectivity index (χ1v) is 3.28. The molecule has 0 spiro atoms. The average molecular weight is 122 g/mol. The first-order chi connectivity index (χ1) is 4.26. The van der Waals surface area contributed by atoms with Crippen LogP contribution in [0.5, 0.6) is 0 Å². The van der Waals surface area contributed by atoms with Gasteiger partial charge in [-0.2, -0.15) is 0 Å². The van der Waals surface area contributed by atoms with Gasteiger partial charge >= 0.3 is 0 Å². The van der Waals surface area contributed by atoms with Crippen LogP contribution in [0.4, 0.5) is 0 Å². The third-order valence-electron chi connectivity index (χ3n) is 1.57. The summed E-state index contributed by atoms with van der Waals surface area (Å²) >= 11 is 0. The molecule has 0 aromatic carbocycles. The summed E-state index contributed by atoms with van der Waals surface area (Å²) in [6.45, 7) is 11.5. The number of hydrogen-bond acceptors (Lipinski definition) is 0. The van der Waals surface area contributed by atoms with Gasteiger partial charge in [-0.25, -0.2) is 0 Å². The minimum Gasteiger partial charge on any atom is -0.125 e. The molecule has 50 valence electrons. The van der Waals surface area contributed by atoms with Crippen LogP contribution in [0.3, 0.4) is 0 Å². The molecule has 0 N–H and O–H groups in total. The highest BCUT2D eigenvalue weighted by atomic mass is 14.0. The second-order valence-electron chi connectivity index (χ2n) is 2.15. The molecule has 0 amide bonds. The molecule has 0 fully saturated rings. The maximum Gasteiger partial charge on any atom is -0.00443 e. The lowest BCUT2D eigenvalue weighted by atomic mass is 10.00. The maximum atomic E-state index is 3.66. The largest absolute Gasteiger partial charge is 0.125 e. The van der Waals surface area contributed by atoms with Crippen molar-refractivity contribution in [1.82, 2.24) is 0 Å². The van der Waals surface area contributed by atoms with E-state index in [2.05, 4.69) is 32.7 Å². The number of rotatable bonds is 3. The van der Waals surface area contributed by atoms with Gasteiger partial charge in [0.05, 0.1) is 0 Å². The third-order valence-corrected chi connectivity index (χ3v) is 1.57. The molecule has 0 bridgehead atoms. The van der Waals surface area contributed by atoms with Crippen LogP contribution >= 0.6 is 0 Å². The van der Waals surface area contributed by atoms with Crippen molar-refractivity contribution >= 4 is 0 Å². The molecule has 0 heterocycles. The van der Waals surface area contributed by atoms with Crippen LogP contribution in [0.15, 0.2) is 30.5 Å². The lowest BCUT2D eigenvalue weighted by Crippen LogP contribution is -1.92. The molecule has 9 heavy (non-hydrogen) atoms. The van der Waals surface area contributed by atoms with Crippen molar-refractivity contribution in [1.29, 1.82) is 0 Å². The molecule has 0 heteroatoms. The smallest absolute Gasteiger partial charge is 0.00443 e. The van der Waals surface area contributed by atoms with E-state index < -0.39 is 0 Å². The minimum absolute atomic E-state index is 0.556. The first-order valence-electron chi connectivity index (χ1n) is 3.28. The molecule has 0 unspecified atom stereocenters. The van der Waals surface area contributed by atoms with Crippen molar-refractivity contribution in [2.75, 3.05) is 0 Å². The lowest BCUT2D eigenvalue weighted by molar-refractivity contribution is 0.672. The highest BCUT2D eigenvalue weighted by molar-refractivity contribution is 5.16. The van der Waals surface area contributed by atoms with Gasteiger partial charge in [-0.1, -0.05) is 33.1 Å². The predicted octanol–water partition coefficient (Wildman–Crippen LogP) is 2.93. The Kier molecular flexibility index (Phi) is 3.83. The summed E-state index contributed by atoms with van der Waals surface area (Å²) in [6.07, 6.45) is 2.95. The molecular weight excluding hydrogens is 108 g/mol. The van der Waals surface area contributed by atoms with Gasteiger partial charge in [-0.15, -0.1) is 5.73 Å². The highest BCUT2D eigenvalue weighted by Crippen LogP contribution is 2.12. The van der Waals surface area contributed by atoms with Crippen molar-refractivity contribution in [3.8, 4) is 0 Å². The Morgan fingerprint density at radius 1 is 1.78 bits per heavy atom. The van der Waals surface area contributed by atoms with E-state index in [-0.39, 0.29) is 0 Å². The van der Waals surface area contributed by atoms with Gasteiger partial charge in [0.15, 0.2) is 0 Å². The summed E-state index contributed by atoms with van der Waals surface area (Å²) in [5, 5.41) is 0. The monoisotopic (exact) mass is 122 g/mol. The Balaban J connectivity index is 4.13. The van der Waals surface area contributed by atoms with Crippen molar-refractivity contribution in [2.24, 2.45) is 5.92 Å². The Bertz CT molecular complexity index is 136. The van der Waals surface area contributed by atoms with E-state index in [1.165, 1.54) is 0 Å². The fourth-order valence-electron chi connectivity index (χ4n) is 0.667. The summed E-state index contributed by atoms with van der Waals surface area (Å²) in [4.78, 5) is 0. The summed E-state index contributed by atoms with van der Waals surface area (Å²) in [5.41, 5.74) is 3.97. The second-order valence-corrected chi connectivity index (χ2v) is 2.15. The summed E-state index contributed by atoms with van der Waals surface area (Å²) < 4.78 is 0. The van der Waals surface area contributed by atoms with Crippen LogP contribution in [0.1, 0.15) is 20.3 Å². The van der Waals surface area contributed by atoms with Crippen molar-refractivity contribution in [3.63, 3.8) is 0 Å². The van der Waals surface area contributed by atoms with Crippen molar-refractivity contribution < 1.29 is 0 Å². The van der Waals surface area contributed by atoms with Gasteiger partial charge in [-0.05, 0) is 17.9 Å². The van der Waals surface area contributed by atoms with E-state index in [1.807, 2.05) is 6.08 Å². The zero-order valence-electron chi connectivity index (χ0n) is 6.28. The normalized spacial score (nSPS) is 11.8. The van der Waals surface area contributed by atoms with Gasteiger partial charge in [0.2, 0.25) is 0 Å². The van der Waals surface area contributed by atoms with Crippen LogP contribution < -0.4 is 0 Å². The van der Waals surface area contributed by atoms with Gasteiger partial charge in [0, 0.05) is 0 Å². The fraction of sp³-hybridized carbons (Fsp3) is 0.444. The molecule has 0 aliphatic heterocycles. The molecule has 0 saturated heterocycles. The number of allylic oxidation sites excluding steroid dienone is 2. The Morgan fingerprint density at radius 3 is 2.44 bits per heavy atom. The van der Waals surface area contributed by atoms with E-state index >= 15 is 0 Å². The zero-order chi connectivity index (χ0) is 7.28. The van der Waals surface area contributed by atoms with Crippen molar-refractivity contribution in [2.45, 2.75) is 20.3 Å². The maximum absolute atomic E-state index is 3.66. The number of hydrogen-bond donors (Lipinski definition) is 0. The Labute approximate surface area is 57.6 Å². The predicted molar refractivity (Wildman–Crippen MR) is 42.3 cm³/mol. The molecule has 0 radical (unpaired) electrons. The van der Waals surface area contributed by atoms with Gasteiger partial charge in [0.1, 0.15) is 0 Å². The quantitative estimate of drug-likeness (QED) is 0.399. The van der Waals surface area contributed by atoms with E-state index in [1.54, 1.807) is 0 Å². The summed E-state index contributed by atoms with van der Waals surface area (Å²) in [5.74, 6) is 0.556. The van der Waals surface area contributed by atoms with E-state index in [0.717, 1.165) is 12.0 Å². The minimum atomic E-state index is 0.556. The third kappa shape index (κ3) is 2.34. The topological polar surface area (TPSA) is 0 Å². The molecule has 0 aromatic heterocycles. The molecular formula is C9H14. The zero-order valence-corrected chi connectivity index (χ0v) is 6.28. The van der Waals surface area contributed by atoms with Crippen LogP contribution in [0, 0.1) is 5.92 Å². The molecule has 0 aliphatic carbocycles. The van der Waals surface area contributed by atoms with Crippen LogP contribution in [-0.4, -0.2) is 0 Å². The lowest BCUT2D eigenvalue weighted by Gasteiger charge is -2.04. The van der Waals surface area contributed by atoms with Crippen molar-refractivity contribution in [3.05, 3.63) is 30.5 Å².